The van der Waals surface area contributed by atoms with Crippen LogP contribution in [0.5, 0.6) is 0 Å². The Morgan fingerprint density at radius 3 is 2.47 bits per heavy atom. The number of esters is 1. The lowest BCUT2D eigenvalue weighted by Crippen LogP contribution is -2.46. The van der Waals surface area contributed by atoms with Crippen molar-refractivity contribution >= 4 is 5.97 Å². The molecule has 0 amide bonds. The predicted octanol–water partition coefficient (Wildman–Crippen LogP) is 9.17. The van der Waals surface area contributed by atoms with Crippen LogP contribution in [0.3, 0.4) is 0 Å². The van der Waals surface area contributed by atoms with Crippen LogP contribution in [0.15, 0.2) is 53.6 Å². The van der Waals surface area contributed by atoms with Gasteiger partial charge in [0.25, 0.3) is 0 Å². The van der Waals surface area contributed by atoms with Gasteiger partial charge < -0.3 is 4.74 Å². The molecule has 0 aliphatic heterocycles. The van der Waals surface area contributed by atoms with Crippen LogP contribution in [0, 0.1) is 40.4 Å². The summed E-state index contributed by atoms with van der Waals surface area (Å²) in [5.74, 6) is 3.81. The van der Waals surface area contributed by atoms with Crippen LogP contribution in [0.4, 0.5) is 0 Å². The minimum absolute atomic E-state index is 0.00314. The van der Waals surface area contributed by atoms with Crippen molar-refractivity contribution in [3.05, 3.63) is 59.2 Å². The second-order valence-corrected chi connectivity index (χ2v) is 13.5. The van der Waals surface area contributed by atoms with Gasteiger partial charge in [-0.05, 0) is 91.1 Å². The lowest BCUT2D eigenvalue weighted by molar-refractivity contribution is 0.00572. The van der Waals surface area contributed by atoms with Gasteiger partial charge in [-0.15, -0.1) is 0 Å². The first kappa shape index (κ1) is 25.8. The summed E-state index contributed by atoms with van der Waals surface area (Å²) < 4.78 is 5.98. The van der Waals surface area contributed by atoms with Crippen molar-refractivity contribution in [2.45, 2.75) is 105 Å². The molecule has 4 aliphatic carbocycles. The van der Waals surface area contributed by atoms with E-state index < -0.39 is 0 Å². The van der Waals surface area contributed by atoms with Crippen LogP contribution in [-0.2, 0) is 4.74 Å². The number of allylic oxidation sites excluding steroid dienone is 3. The maximum atomic E-state index is 12.7. The Kier molecular flexibility index (Phi) is 7.27. The van der Waals surface area contributed by atoms with Crippen molar-refractivity contribution in [1.82, 2.24) is 0 Å². The maximum Gasteiger partial charge on any atom is 0.338 e. The minimum Gasteiger partial charge on any atom is -0.458 e. The molecule has 7 atom stereocenters. The molecule has 3 saturated carbocycles. The van der Waals surface area contributed by atoms with Crippen LogP contribution in [0.2, 0.25) is 0 Å². The van der Waals surface area contributed by atoms with E-state index in [1.807, 2.05) is 30.3 Å². The Balaban J connectivity index is 1.29. The molecule has 0 bridgehead atoms. The van der Waals surface area contributed by atoms with Crippen LogP contribution >= 0.6 is 0 Å². The maximum absolute atomic E-state index is 12.7. The van der Waals surface area contributed by atoms with Gasteiger partial charge in [0.1, 0.15) is 6.10 Å². The average Bonchev–Trinajstić information content (AvgIpc) is 3.22. The minimum atomic E-state index is -0.176. The van der Waals surface area contributed by atoms with Crippen molar-refractivity contribution in [2.24, 2.45) is 40.4 Å². The molecule has 0 radical (unpaired) electrons. The van der Waals surface area contributed by atoms with E-state index in [0.717, 1.165) is 42.9 Å². The van der Waals surface area contributed by atoms with Gasteiger partial charge in [0.05, 0.1) is 5.56 Å². The molecule has 0 saturated heterocycles. The fraction of sp³-hybridized carbons (Fsp3) is 0.676. The first-order valence-electron chi connectivity index (χ1n) is 14.9. The summed E-state index contributed by atoms with van der Waals surface area (Å²) >= 11 is 0. The molecule has 0 spiro atoms. The van der Waals surface area contributed by atoms with Crippen molar-refractivity contribution in [2.75, 3.05) is 0 Å². The Labute approximate surface area is 220 Å². The third-order valence-corrected chi connectivity index (χ3v) is 11.0. The fourth-order valence-corrected chi connectivity index (χ4v) is 8.89. The molecule has 0 heterocycles. The molecule has 7 unspecified atom stereocenters. The Hall–Kier alpha value is -1.83. The molecule has 0 aromatic heterocycles. The van der Waals surface area contributed by atoms with Gasteiger partial charge in [0.2, 0.25) is 0 Å². The number of benzene rings is 1. The quantitative estimate of drug-likeness (QED) is 0.358. The molecule has 2 heteroatoms. The highest BCUT2D eigenvalue weighted by molar-refractivity contribution is 5.89. The number of ether oxygens (including phenoxy) is 1. The summed E-state index contributed by atoms with van der Waals surface area (Å²) in [5, 5.41) is 0. The molecule has 36 heavy (non-hydrogen) atoms. The van der Waals surface area contributed by atoms with Crippen molar-refractivity contribution in [1.29, 1.82) is 0 Å². The highest BCUT2D eigenvalue weighted by Gasteiger charge is 2.57. The number of hydrogen-bond acceptors (Lipinski definition) is 2. The lowest BCUT2D eigenvalue weighted by atomic mass is 9.50. The zero-order valence-electron chi connectivity index (χ0n) is 23.4. The van der Waals surface area contributed by atoms with Gasteiger partial charge in [0, 0.05) is 6.42 Å². The molecule has 4 aliphatic rings. The van der Waals surface area contributed by atoms with Gasteiger partial charge in [-0.1, -0.05) is 95.4 Å². The number of carbonyl (C=O) groups excluding carboxylic acids is 1. The topological polar surface area (TPSA) is 26.3 Å². The van der Waals surface area contributed by atoms with Crippen LogP contribution in [0.1, 0.15) is 109 Å². The number of hydrogen-bond donors (Lipinski definition) is 0. The normalized spacial score (nSPS) is 36.3. The first-order valence-corrected chi connectivity index (χ1v) is 14.9. The van der Waals surface area contributed by atoms with E-state index in [4.69, 9.17) is 4.74 Å². The lowest BCUT2D eigenvalue weighted by Gasteiger charge is -2.55. The predicted molar refractivity (Wildman–Crippen MR) is 149 cm³/mol. The van der Waals surface area contributed by atoms with Gasteiger partial charge in [-0.25, -0.2) is 4.79 Å². The zero-order valence-corrected chi connectivity index (χ0v) is 23.4. The molecule has 5 rings (SSSR count). The van der Waals surface area contributed by atoms with Crippen molar-refractivity contribution < 1.29 is 9.53 Å². The van der Waals surface area contributed by atoms with Gasteiger partial charge in [0.15, 0.2) is 0 Å². The summed E-state index contributed by atoms with van der Waals surface area (Å²) in [6, 6.07) is 9.45. The Bertz CT molecular complexity index is 1000. The van der Waals surface area contributed by atoms with E-state index in [9.17, 15) is 4.79 Å². The molecular formula is C34H48O2. The average molecular weight is 489 g/mol. The van der Waals surface area contributed by atoms with E-state index in [-0.39, 0.29) is 17.5 Å². The number of rotatable bonds is 7. The first-order chi connectivity index (χ1) is 17.2. The van der Waals surface area contributed by atoms with Crippen molar-refractivity contribution in [3.63, 3.8) is 0 Å². The van der Waals surface area contributed by atoms with Crippen LogP contribution in [0.25, 0.3) is 0 Å². The summed E-state index contributed by atoms with van der Waals surface area (Å²) in [7, 11) is 0. The molecule has 196 valence electrons. The van der Waals surface area contributed by atoms with E-state index >= 15 is 0 Å². The monoisotopic (exact) mass is 488 g/mol. The van der Waals surface area contributed by atoms with Crippen LogP contribution < -0.4 is 0 Å². The fourth-order valence-electron chi connectivity index (χ4n) is 8.89. The summed E-state index contributed by atoms with van der Waals surface area (Å²) in [6.07, 6.45) is 17.7. The van der Waals surface area contributed by atoms with E-state index in [1.54, 1.807) is 5.57 Å². The summed E-state index contributed by atoms with van der Waals surface area (Å²) in [5.41, 5.74) is 4.66. The van der Waals surface area contributed by atoms with E-state index in [1.165, 1.54) is 50.5 Å². The third-order valence-electron chi connectivity index (χ3n) is 11.0. The second-order valence-electron chi connectivity index (χ2n) is 13.5. The molecule has 2 nitrogen and oxygen atoms in total. The van der Waals surface area contributed by atoms with Crippen molar-refractivity contribution in [3.8, 4) is 0 Å². The third kappa shape index (κ3) is 4.63. The standard InChI is InChI=1S/C34H48O2/c1-23(2)10-9-11-24(3)29-16-17-30-28-15-14-26-22-27(36-32(35)25-12-7-6-8-13-25)18-20-33(26,4)31(28)19-21-34(29,30)5/h6-8,12-15,23-24,27,29-31H,9-11,16-22H2,1-5H3. The van der Waals surface area contributed by atoms with E-state index in [2.05, 4.69) is 46.8 Å². The highest BCUT2D eigenvalue weighted by Crippen LogP contribution is 2.66. The van der Waals surface area contributed by atoms with E-state index in [0.29, 0.717) is 16.9 Å². The zero-order chi connectivity index (χ0) is 25.5. The van der Waals surface area contributed by atoms with Gasteiger partial charge >= 0.3 is 5.97 Å². The molecule has 1 aromatic carbocycles. The van der Waals surface area contributed by atoms with Gasteiger partial charge in [-0.3, -0.25) is 0 Å². The number of carbonyl (C=O) groups is 1. The molecule has 1 aromatic rings. The SMILES string of the molecule is CC(C)CCCC(C)C1CCC2C3=CC=C4CC(OC(=O)c5ccccc5)CCC4(C)C3CCC21C. The summed E-state index contributed by atoms with van der Waals surface area (Å²) in [4.78, 5) is 12.7. The molecule has 0 N–H and O–H groups in total. The Morgan fingerprint density at radius 1 is 0.944 bits per heavy atom. The molecular weight excluding hydrogens is 440 g/mol. The van der Waals surface area contributed by atoms with Gasteiger partial charge in [-0.2, -0.15) is 0 Å². The molecule has 3 fully saturated rings. The largest absolute Gasteiger partial charge is 0.458 e. The smallest absolute Gasteiger partial charge is 0.338 e. The second kappa shape index (κ2) is 10.1. The van der Waals surface area contributed by atoms with Crippen LogP contribution in [-0.4, -0.2) is 12.1 Å². The number of fused-ring (bicyclic) bond motifs is 5. The highest BCUT2D eigenvalue weighted by atomic mass is 16.5. The summed E-state index contributed by atoms with van der Waals surface area (Å²) in [6.45, 7) is 12.4. The Morgan fingerprint density at radius 2 is 1.72 bits per heavy atom.